The largest absolute Gasteiger partial charge is 0.481 e. The van der Waals surface area contributed by atoms with Crippen molar-refractivity contribution >= 4 is 65.1 Å². The molecule has 69 heavy (non-hydrogen) atoms. The second-order valence-electron chi connectivity index (χ2n) is 17.0. The van der Waals surface area contributed by atoms with E-state index < -0.39 is 164 Å². The summed E-state index contributed by atoms with van der Waals surface area (Å²) in [4.78, 5) is 138. The van der Waals surface area contributed by atoms with Crippen LogP contribution in [0.25, 0.3) is 0 Å². The zero-order chi connectivity index (χ0) is 53.0. The van der Waals surface area contributed by atoms with Crippen molar-refractivity contribution in [3.63, 3.8) is 0 Å². The maximum absolute atomic E-state index is 13.4. The highest BCUT2D eigenvalue weighted by Gasteiger charge is 2.36. The number of carbonyl (C=O) groups is 11. The molecule has 18 N–H and O–H groups in total. The van der Waals surface area contributed by atoms with Crippen molar-refractivity contribution in [3.05, 3.63) is 0 Å². The number of aliphatic carboxylic acids is 2. The summed E-state index contributed by atoms with van der Waals surface area (Å²) >= 11 is 0. The Morgan fingerprint density at radius 3 is 1.29 bits per heavy atom. The molecule has 0 rings (SSSR count). The zero-order valence-electron chi connectivity index (χ0n) is 39.5. The van der Waals surface area contributed by atoms with Crippen LogP contribution < -0.4 is 48.7 Å². The number of unbranched alkanes of at least 4 members (excludes halogenated alkanes) is 9. The minimum Gasteiger partial charge on any atom is -0.481 e. The molecule has 0 aromatic carbocycles. The number of carboxylic acid groups (broad SMARTS) is 2. The van der Waals surface area contributed by atoms with E-state index in [0.717, 1.165) is 46.0 Å². The Morgan fingerprint density at radius 2 is 0.884 bits per heavy atom. The van der Waals surface area contributed by atoms with Crippen LogP contribution in [0.15, 0.2) is 0 Å². The number of amides is 9. The van der Waals surface area contributed by atoms with E-state index in [9.17, 15) is 88.5 Å². The lowest BCUT2D eigenvalue weighted by atomic mass is 9.90. The first-order valence-electron chi connectivity index (χ1n) is 22.6. The third-order valence-electron chi connectivity index (χ3n) is 10.7. The summed E-state index contributed by atoms with van der Waals surface area (Å²) in [6, 6.07) is -13.2. The topological polar surface area (TPSA) is 466 Å². The van der Waals surface area contributed by atoms with Crippen molar-refractivity contribution in [1.29, 1.82) is 0 Å². The van der Waals surface area contributed by atoms with E-state index in [1.165, 1.54) is 32.6 Å². The molecule has 0 saturated carbocycles. The fourth-order valence-corrected chi connectivity index (χ4v) is 6.51. The summed E-state index contributed by atoms with van der Waals surface area (Å²) in [7, 11) is 0. The quantitative estimate of drug-likeness (QED) is 0.0259. The number of aliphatic hydroxyl groups excluding tert-OH is 4. The molecule has 2 unspecified atom stereocenters. The molecule has 9 amide bonds. The van der Waals surface area contributed by atoms with Crippen LogP contribution in [0.2, 0.25) is 0 Å². The smallest absolute Gasteiger partial charge is 0.328 e. The lowest BCUT2D eigenvalue weighted by molar-refractivity contribution is -0.145. The van der Waals surface area contributed by atoms with Gasteiger partial charge in [-0.3, -0.25) is 47.9 Å². The Kier molecular flexibility index (Phi) is 29.8. The Morgan fingerprint density at radius 1 is 0.507 bits per heavy atom. The molecular weight excluding hydrogens is 919 g/mol. The van der Waals surface area contributed by atoms with E-state index in [-0.39, 0.29) is 6.42 Å². The SMILES string of the molecule is CCCCCCCCCCCCC(C)(O)C(O)CC(=O)N[C@@H](CO)C(=O)N[C@@H](C)C(=O)N[C@@H](CC(=O)O)C(=O)N[C@@H](CC(N)=O)C(=O)N[C@@H](CC(N)=O)C(=O)N[C@@H](CO)C(=O)N[C@H](C(=O)O)[C@@H](C)O. The van der Waals surface area contributed by atoms with Gasteiger partial charge in [-0.2, -0.15) is 0 Å². The molecule has 0 radical (unpaired) electrons. The van der Waals surface area contributed by atoms with Gasteiger partial charge in [0.15, 0.2) is 6.04 Å². The molecule has 10 atom stereocenters. The van der Waals surface area contributed by atoms with Crippen molar-refractivity contribution in [2.24, 2.45) is 11.5 Å². The van der Waals surface area contributed by atoms with Gasteiger partial charge in [-0.25, -0.2) is 4.79 Å². The summed E-state index contributed by atoms with van der Waals surface area (Å²) in [5.41, 5.74) is 8.77. The summed E-state index contributed by atoms with van der Waals surface area (Å²) in [6.07, 6.45) is 3.62. The van der Waals surface area contributed by atoms with Crippen LogP contribution in [-0.4, -0.2) is 174 Å². The van der Waals surface area contributed by atoms with Gasteiger partial charge in [0.05, 0.1) is 56.7 Å². The lowest BCUT2D eigenvalue weighted by Crippen LogP contribution is -2.61. The zero-order valence-corrected chi connectivity index (χ0v) is 39.5. The predicted octanol–water partition coefficient (Wildman–Crippen LogP) is -5.11. The molecule has 0 aromatic rings. The van der Waals surface area contributed by atoms with Crippen molar-refractivity contribution in [2.45, 2.75) is 184 Å². The maximum Gasteiger partial charge on any atom is 0.328 e. The van der Waals surface area contributed by atoms with Gasteiger partial charge >= 0.3 is 11.9 Å². The average Bonchev–Trinajstić information content (AvgIpc) is 3.25. The highest BCUT2D eigenvalue weighted by Crippen LogP contribution is 2.22. The summed E-state index contributed by atoms with van der Waals surface area (Å²) in [5.74, 6) is -14.7. The molecule has 0 aliphatic rings. The van der Waals surface area contributed by atoms with Crippen molar-refractivity contribution < 1.29 is 88.5 Å². The molecule has 394 valence electrons. The van der Waals surface area contributed by atoms with E-state index in [2.05, 4.69) is 17.6 Å². The number of hydrogen-bond donors (Lipinski definition) is 16. The predicted molar refractivity (Wildman–Crippen MR) is 240 cm³/mol. The lowest BCUT2D eigenvalue weighted by Gasteiger charge is -2.29. The van der Waals surface area contributed by atoms with Crippen LogP contribution in [0.1, 0.15) is 124 Å². The van der Waals surface area contributed by atoms with Gasteiger partial charge in [0.1, 0.15) is 36.3 Å². The van der Waals surface area contributed by atoms with Crippen LogP contribution >= 0.6 is 0 Å². The highest BCUT2D eigenvalue weighted by atomic mass is 16.4. The molecule has 0 aromatic heterocycles. The Hall–Kier alpha value is -6.03. The van der Waals surface area contributed by atoms with Gasteiger partial charge < -0.3 is 84.4 Å². The van der Waals surface area contributed by atoms with E-state index in [0.29, 0.717) is 6.42 Å². The van der Waals surface area contributed by atoms with Crippen molar-refractivity contribution in [2.75, 3.05) is 13.2 Å². The first-order chi connectivity index (χ1) is 32.2. The monoisotopic (exact) mass is 992 g/mol. The summed E-state index contributed by atoms with van der Waals surface area (Å²) < 4.78 is 0. The second-order valence-corrected chi connectivity index (χ2v) is 17.0. The number of carboxylic acids is 2. The number of rotatable bonds is 37. The van der Waals surface area contributed by atoms with Gasteiger partial charge in [0.25, 0.3) is 0 Å². The Balaban J connectivity index is 5.73. The van der Waals surface area contributed by atoms with E-state index >= 15 is 0 Å². The number of nitrogens with two attached hydrogens (primary N) is 2. The first kappa shape index (κ1) is 63.0. The van der Waals surface area contributed by atoms with Crippen LogP contribution in [0, 0.1) is 0 Å². The maximum atomic E-state index is 13.4. The van der Waals surface area contributed by atoms with Gasteiger partial charge in [-0.15, -0.1) is 0 Å². The molecule has 0 bridgehead atoms. The van der Waals surface area contributed by atoms with E-state index in [1.807, 2.05) is 26.6 Å². The van der Waals surface area contributed by atoms with Crippen molar-refractivity contribution in [1.82, 2.24) is 37.2 Å². The van der Waals surface area contributed by atoms with Crippen LogP contribution in [-0.2, 0) is 52.7 Å². The van der Waals surface area contributed by atoms with Crippen LogP contribution in [0.4, 0.5) is 0 Å². The number of nitrogens with one attached hydrogen (secondary N) is 7. The van der Waals surface area contributed by atoms with Gasteiger partial charge in [0, 0.05) is 0 Å². The highest BCUT2D eigenvalue weighted by molar-refractivity contribution is 6.00. The normalized spacial score (nSPS) is 15.9. The fourth-order valence-electron chi connectivity index (χ4n) is 6.51. The van der Waals surface area contributed by atoms with Gasteiger partial charge in [0.2, 0.25) is 53.2 Å². The van der Waals surface area contributed by atoms with E-state index in [4.69, 9.17) is 11.5 Å². The number of carbonyl (C=O) groups excluding carboxylic acids is 9. The number of primary amides is 2. The minimum atomic E-state index is -2.06. The molecule has 0 saturated heterocycles. The third kappa shape index (κ3) is 25.8. The van der Waals surface area contributed by atoms with Crippen LogP contribution in [0.3, 0.4) is 0 Å². The molecule has 0 aliphatic carbocycles. The summed E-state index contributed by atoms with van der Waals surface area (Å²) in [6.45, 7) is 3.45. The van der Waals surface area contributed by atoms with Gasteiger partial charge in [-0.05, 0) is 27.2 Å². The second kappa shape index (κ2) is 32.7. The standard InChI is InChI=1S/C42H73N9O18/c1-5-6-7-8-9-10-11-12-13-14-15-42(4,69)29(55)19-32(58)46-27(20-52)39(65)45-22(2)35(61)47-26(18-33(59)60)38(64)49-24(16-30(43)56)36(62)48-25(17-31(44)57)37(63)50-28(21-53)40(66)51-34(23(3)54)41(67)68/h22-29,34,52-55,69H,5-21H2,1-4H3,(H2,43,56)(H2,44,57)(H,45,65)(H,46,58)(H,47,61)(H,48,62)(H,49,64)(H,50,63)(H,51,66)(H,59,60)(H,67,68)/t22-,23+,24-,25-,26-,27-,28-,29?,34-,42?/m0/s1. The molecule has 0 spiro atoms. The first-order valence-corrected chi connectivity index (χ1v) is 22.6. The fraction of sp³-hybridized carbons (Fsp3) is 0.738. The average molecular weight is 992 g/mol. The van der Waals surface area contributed by atoms with Crippen molar-refractivity contribution in [3.8, 4) is 0 Å². The molecular formula is C42H73N9O18. The summed E-state index contributed by atoms with van der Waals surface area (Å²) in [5, 5.41) is 83.5. The third-order valence-corrected chi connectivity index (χ3v) is 10.7. The van der Waals surface area contributed by atoms with Crippen LogP contribution in [0.5, 0.6) is 0 Å². The minimum absolute atomic E-state index is 0.187. The molecule has 0 aliphatic heterocycles. The number of aliphatic hydroxyl groups is 5. The van der Waals surface area contributed by atoms with E-state index in [1.54, 1.807) is 0 Å². The molecule has 0 fully saturated rings. The Bertz CT molecular complexity index is 1750. The number of hydrogen-bond acceptors (Lipinski definition) is 16. The Labute approximate surface area is 399 Å². The molecule has 27 nitrogen and oxygen atoms in total. The molecule has 27 heteroatoms. The molecule has 0 heterocycles. The van der Waals surface area contributed by atoms with Gasteiger partial charge in [-0.1, -0.05) is 71.1 Å².